The van der Waals surface area contributed by atoms with Crippen LogP contribution in [0.2, 0.25) is 0 Å². The van der Waals surface area contributed by atoms with Gasteiger partial charge in [-0.25, -0.2) is 0 Å². The number of unbranched alkanes of at least 4 members (excludes halogenated alkanes) is 2. The lowest BCUT2D eigenvalue weighted by Gasteiger charge is -2.09. The zero-order valence-corrected chi connectivity index (χ0v) is 10.5. The number of aryl methyl sites for hydroxylation is 1. The Hall–Kier alpha value is -1.22. The van der Waals surface area contributed by atoms with E-state index in [1.807, 2.05) is 0 Å². The molecule has 0 fully saturated rings. The highest BCUT2D eigenvalue weighted by Gasteiger charge is 2.01. The topological polar surface area (TPSA) is 0 Å². The highest BCUT2D eigenvalue weighted by Crippen LogP contribution is 2.19. The summed E-state index contributed by atoms with van der Waals surface area (Å²) in [6.07, 6.45) is 10.8. The van der Waals surface area contributed by atoms with E-state index >= 15 is 0 Å². The number of terminal acetylenes is 1. The second-order valence-electron chi connectivity index (χ2n) is 4.46. The smallest absolute Gasteiger partial charge is 0.00861 e. The fourth-order valence-electron chi connectivity index (χ4n) is 1.80. The summed E-state index contributed by atoms with van der Waals surface area (Å²) in [6, 6.07) is 9.06. The standard InChI is InChI=1S/C16H22/c1-4-6-7-8-9-15-10-12-16(13-11-15)14(3)5-2/h1,10-14H,5-9H2,2-3H3. The summed E-state index contributed by atoms with van der Waals surface area (Å²) in [6.45, 7) is 4.51. The van der Waals surface area contributed by atoms with Gasteiger partial charge in [0.2, 0.25) is 0 Å². The van der Waals surface area contributed by atoms with Gasteiger partial charge in [-0.1, -0.05) is 38.1 Å². The number of rotatable bonds is 6. The quantitative estimate of drug-likeness (QED) is 0.481. The van der Waals surface area contributed by atoms with E-state index in [0.29, 0.717) is 5.92 Å². The third kappa shape index (κ3) is 4.11. The van der Waals surface area contributed by atoms with Crippen molar-refractivity contribution in [2.75, 3.05) is 0 Å². The molecule has 0 saturated heterocycles. The predicted molar refractivity (Wildman–Crippen MR) is 71.5 cm³/mol. The molecule has 0 heterocycles. The Morgan fingerprint density at radius 1 is 1.19 bits per heavy atom. The van der Waals surface area contributed by atoms with E-state index in [-0.39, 0.29) is 0 Å². The van der Waals surface area contributed by atoms with Crippen molar-refractivity contribution in [1.82, 2.24) is 0 Å². The van der Waals surface area contributed by atoms with Crippen LogP contribution in [0, 0.1) is 12.3 Å². The van der Waals surface area contributed by atoms with Crippen LogP contribution in [0.15, 0.2) is 24.3 Å². The van der Waals surface area contributed by atoms with Crippen LogP contribution in [-0.4, -0.2) is 0 Å². The Bertz CT molecular complexity index is 326. The Balaban J connectivity index is 2.43. The van der Waals surface area contributed by atoms with Gasteiger partial charge in [0, 0.05) is 6.42 Å². The molecule has 16 heavy (non-hydrogen) atoms. The maximum atomic E-state index is 5.23. The van der Waals surface area contributed by atoms with Crippen LogP contribution in [0.1, 0.15) is 56.6 Å². The van der Waals surface area contributed by atoms with E-state index in [0.717, 1.165) is 19.3 Å². The minimum Gasteiger partial charge on any atom is -0.120 e. The molecular weight excluding hydrogens is 192 g/mol. The fraction of sp³-hybridized carbons (Fsp3) is 0.500. The van der Waals surface area contributed by atoms with Crippen molar-refractivity contribution < 1.29 is 0 Å². The first-order chi connectivity index (χ1) is 7.77. The van der Waals surface area contributed by atoms with Gasteiger partial charge in [-0.15, -0.1) is 12.3 Å². The molecule has 1 unspecified atom stereocenters. The summed E-state index contributed by atoms with van der Waals surface area (Å²) in [5.74, 6) is 3.36. The van der Waals surface area contributed by atoms with Gasteiger partial charge in [0.25, 0.3) is 0 Å². The minimum absolute atomic E-state index is 0.676. The van der Waals surface area contributed by atoms with Crippen molar-refractivity contribution in [3.63, 3.8) is 0 Å². The summed E-state index contributed by atoms with van der Waals surface area (Å²) in [4.78, 5) is 0. The van der Waals surface area contributed by atoms with Crippen molar-refractivity contribution in [3.05, 3.63) is 35.4 Å². The van der Waals surface area contributed by atoms with Crippen molar-refractivity contribution in [3.8, 4) is 12.3 Å². The highest BCUT2D eigenvalue weighted by atomic mass is 14.1. The molecule has 0 radical (unpaired) electrons. The Kier molecular flexibility index (Phi) is 5.72. The minimum atomic E-state index is 0.676. The molecule has 0 saturated carbocycles. The lowest BCUT2D eigenvalue weighted by Crippen LogP contribution is -1.92. The van der Waals surface area contributed by atoms with Gasteiger partial charge in [-0.3, -0.25) is 0 Å². The van der Waals surface area contributed by atoms with Crippen molar-refractivity contribution >= 4 is 0 Å². The normalized spacial score (nSPS) is 12.1. The van der Waals surface area contributed by atoms with Gasteiger partial charge < -0.3 is 0 Å². The predicted octanol–water partition coefficient (Wildman–Crippen LogP) is 4.55. The fourth-order valence-corrected chi connectivity index (χ4v) is 1.80. The number of hydrogen-bond acceptors (Lipinski definition) is 0. The molecule has 0 amide bonds. The van der Waals surface area contributed by atoms with Crippen LogP contribution in [0.4, 0.5) is 0 Å². The number of benzene rings is 1. The van der Waals surface area contributed by atoms with Crippen LogP contribution in [-0.2, 0) is 6.42 Å². The molecule has 0 heteroatoms. The summed E-state index contributed by atoms with van der Waals surface area (Å²) < 4.78 is 0. The first kappa shape index (κ1) is 12.8. The van der Waals surface area contributed by atoms with Gasteiger partial charge in [-0.05, 0) is 42.7 Å². The van der Waals surface area contributed by atoms with Crippen molar-refractivity contribution in [2.45, 2.75) is 51.9 Å². The van der Waals surface area contributed by atoms with Gasteiger partial charge in [0.1, 0.15) is 0 Å². The average molecular weight is 214 g/mol. The van der Waals surface area contributed by atoms with Crippen molar-refractivity contribution in [1.29, 1.82) is 0 Å². The van der Waals surface area contributed by atoms with Gasteiger partial charge in [-0.2, -0.15) is 0 Å². The van der Waals surface area contributed by atoms with Crippen molar-refractivity contribution in [2.24, 2.45) is 0 Å². The monoisotopic (exact) mass is 214 g/mol. The Morgan fingerprint density at radius 2 is 1.88 bits per heavy atom. The first-order valence-corrected chi connectivity index (χ1v) is 6.30. The molecule has 0 aliphatic carbocycles. The van der Waals surface area contributed by atoms with Crippen LogP contribution in [0.25, 0.3) is 0 Å². The second-order valence-corrected chi connectivity index (χ2v) is 4.46. The molecule has 1 aromatic rings. The molecule has 86 valence electrons. The average Bonchev–Trinajstić information content (AvgIpc) is 2.34. The first-order valence-electron chi connectivity index (χ1n) is 6.30. The molecule has 0 aliphatic heterocycles. The SMILES string of the molecule is C#CCCCCc1ccc(C(C)CC)cc1. The third-order valence-corrected chi connectivity index (χ3v) is 3.20. The lowest BCUT2D eigenvalue weighted by atomic mass is 9.96. The Labute approximate surface area is 100 Å². The second kappa shape index (κ2) is 7.12. The largest absolute Gasteiger partial charge is 0.120 e. The van der Waals surface area contributed by atoms with E-state index in [1.54, 1.807) is 0 Å². The molecule has 0 bridgehead atoms. The molecule has 1 aromatic carbocycles. The van der Waals surface area contributed by atoms with Crippen LogP contribution >= 0.6 is 0 Å². The molecule has 1 atom stereocenters. The van der Waals surface area contributed by atoms with E-state index in [9.17, 15) is 0 Å². The Morgan fingerprint density at radius 3 is 2.44 bits per heavy atom. The summed E-state index contributed by atoms with van der Waals surface area (Å²) in [7, 11) is 0. The highest BCUT2D eigenvalue weighted by molar-refractivity contribution is 5.25. The van der Waals surface area contributed by atoms with Gasteiger partial charge in [0.05, 0.1) is 0 Å². The molecule has 0 aromatic heterocycles. The molecule has 0 spiro atoms. The third-order valence-electron chi connectivity index (χ3n) is 3.20. The van der Waals surface area contributed by atoms with E-state index in [1.165, 1.54) is 24.0 Å². The van der Waals surface area contributed by atoms with E-state index in [4.69, 9.17) is 6.42 Å². The molecule has 0 nitrogen and oxygen atoms in total. The lowest BCUT2D eigenvalue weighted by molar-refractivity contribution is 0.730. The molecular formula is C16H22. The van der Waals surface area contributed by atoms with E-state index in [2.05, 4.69) is 44.0 Å². The molecule has 1 rings (SSSR count). The summed E-state index contributed by atoms with van der Waals surface area (Å²) in [5.41, 5.74) is 2.89. The number of hydrogen-bond donors (Lipinski definition) is 0. The van der Waals surface area contributed by atoms with Gasteiger partial charge in [0.15, 0.2) is 0 Å². The van der Waals surface area contributed by atoms with E-state index < -0.39 is 0 Å². The van der Waals surface area contributed by atoms with Gasteiger partial charge >= 0.3 is 0 Å². The maximum Gasteiger partial charge on any atom is 0.00861 e. The van der Waals surface area contributed by atoms with Crippen LogP contribution in [0.5, 0.6) is 0 Å². The summed E-state index contributed by atoms with van der Waals surface area (Å²) >= 11 is 0. The maximum absolute atomic E-state index is 5.23. The zero-order chi connectivity index (χ0) is 11.8. The zero-order valence-electron chi connectivity index (χ0n) is 10.5. The molecule has 0 aliphatic rings. The van der Waals surface area contributed by atoms with Crippen LogP contribution in [0.3, 0.4) is 0 Å². The summed E-state index contributed by atoms with van der Waals surface area (Å²) in [5, 5.41) is 0. The molecule has 0 N–H and O–H groups in total. The van der Waals surface area contributed by atoms with Crippen LogP contribution < -0.4 is 0 Å².